The molecule has 148 valence electrons. The van der Waals surface area contributed by atoms with Gasteiger partial charge in [-0.3, -0.25) is 19.7 Å². The van der Waals surface area contributed by atoms with E-state index in [2.05, 4.69) is 0 Å². The number of aryl methyl sites for hydroxylation is 2. The van der Waals surface area contributed by atoms with E-state index >= 15 is 0 Å². The SMILES string of the molecule is Cc1ccc(C)c(C(=O)COC(=O)[C@H](C)S(=O)(=O)c2ccc([N+](=O)[O-])cc2)c1. The summed E-state index contributed by atoms with van der Waals surface area (Å²) in [6, 6.07) is 9.46. The number of rotatable bonds is 7. The predicted molar refractivity (Wildman–Crippen MR) is 101 cm³/mol. The number of Topliss-reactive ketones (excluding diaryl/α,β-unsaturated/α-hetero) is 1. The molecule has 2 aromatic rings. The first-order chi connectivity index (χ1) is 13.0. The fourth-order valence-corrected chi connectivity index (χ4v) is 3.70. The summed E-state index contributed by atoms with van der Waals surface area (Å²) in [5.74, 6) is -1.51. The first-order valence-corrected chi connectivity index (χ1v) is 9.84. The molecule has 0 bridgehead atoms. The lowest BCUT2D eigenvalue weighted by molar-refractivity contribution is -0.384. The highest BCUT2D eigenvalue weighted by molar-refractivity contribution is 7.92. The molecule has 0 saturated heterocycles. The molecule has 8 nitrogen and oxygen atoms in total. The summed E-state index contributed by atoms with van der Waals surface area (Å²) in [5.41, 5.74) is 1.72. The highest BCUT2D eigenvalue weighted by Crippen LogP contribution is 2.21. The van der Waals surface area contributed by atoms with E-state index in [0.717, 1.165) is 42.3 Å². The minimum atomic E-state index is -4.12. The quantitative estimate of drug-likeness (QED) is 0.300. The van der Waals surface area contributed by atoms with Gasteiger partial charge in [0.15, 0.2) is 21.7 Å². The van der Waals surface area contributed by atoms with Crippen LogP contribution in [0.3, 0.4) is 0 Å². The third-order valence-electron chi connectivity index (χ3n) is 4.21. The van der Waals surface area contributed by atoms with Crippen LogP contribution in [0.1, 0.15) is 28.4 Å². The Bertz CT molecular complexity index is 1030. The van der Waals surface area contributed by atoms with Gasteiger partial charge in [-0.1, -0.05) is 17.7 Å². The number of hydrogen-bond donors (Lipinski definition) is 0. The molecule has 0 unspecified atom stereocenters. The van der Waals surface area contributed by atoms with Crippen molar-refractivity contribution in [3.8, 4) is 0 Å². The molecule has 0 aliphatic carbocycles. The van der Waals surface area contributed by atoms with Gasteiger partial charge in [-0.05, 0) is 44.5 Å². The number of sulfone groups is 1. The van der Waals surface area contributed by atoms with Crippen molar-refractivity contribution in [3.05, 3.63) is 69.3 Å². The molecule has 2 rings (SSSR count). The maximum Gasteiger partial charge on any atom is 0.324 e. The van der Waals surface area contributed by atoms with E-state index in [0.29, 0.717) is 5.56 Å². The summed E-state index contributed by atoms with van der Waals surface area (Å²) < 4.78 is 29.9. The third kappa shape index (κ3) is 4.61. The molecule has 0 spiro atoms. The van der Waals surface area contributed by atoms with Crippen LogP contribution >= 0.6 is 0 Å². The zero-order valence-corrected chi connectivity index (χ0v) is 16.4. The molecular formula is C19H19NO7S. The van der Waals surface area contributed by atoms with Crippen LogP contribution in [0.4, 0.5) is 5.69 Å². The van der Waals surface area contributed by atoms with Gasteiger partial charge in [0.2, 0.25) is 5.78 Å². The molecule has 1 atom stereocenters. The van der Waals surface area contributed by atoms with Crippen molar-refractivity contribution in [1.82, 2.24) is 0 Å². The summed E-state index contributed by atoms with van der Waals surface area (Å²) >= 11 is 0. The second-order valence-electron chi connectivity index (χ2n) is 6.29. The number of nitro groups is 1. The van der Waals surface area contributed by atoms with E-state index < -0.39 is 38.4 Å². The number of nitro benzene ring substituents is 1. The van der Waals surface area contributed by atoms with E-state index in [9.17, 15) is 28.1 Å². The number of non-ortho nitro benzene ring substituents is 1. The van der Waals surface area contributed by atoms with Gasteiger partial charge in [0.1, 0.15) is 0 Å². The van der Waals surface area contributed by atoms with Gasteiger partial charge in [0.25, 0.3) is 5.69 Å². The molecule has 0 aliphatic rings. The van der Waals surface area contributed by atoms with E-state index in [4.69, 9.17) is 4.74 Å². The maximum atomic E-state index is 12.5. The Kier molecular flexibility index (Phi) is 6.30. The number of esters is 1. The molecule has 0 radical (unpaired) electrons. The zero-order valence-electron chi connectivity index (χ0n) is 15.5. The van der Waals surface area contributed by atoms with Crippen molar-refractivity contribution >= 4 is 27.3 Å². The smallest absolute Gasteiger partial charge is 0.324 e. The topological polar surface area (TPSA) is 121 Å². The van der Waals surface area contributed by atoms with Gasteiger partial charge < -0.3 is 4.74 Å². The molecule has 0 saturated carbocycles. The first kappa shape index (κ1) is 21.2. The Balaban J connectivity index is 2.09. The van der Waals surface area contributed by atoms with Gasteiger partial charge in [0, 0.05) is 17.7 Å². The second-order valence-corrected chi connectivity index (χ2v) is 8.56. The standard InChI is InChI=1S/C19H19NO7S/c1-12-4-5-13(2)17(10-12)18(21)11-27-19(22)14(3)28(25,26)16-8-6-15(7-9-16)20(23)24/h4-10,14H,11H2,1-3H3/t14-/m0/s1. The predicted octanol–water partition coefficient (Wildman–Crippen LogP) is 2.80. The van der Waals surface area contributed by atoms with Gasteiger partial charge in [0.05, 0.1) is 9.82 Å². The number of carbonyl (C=O) groups is 2. The monoisotopic (exact) mass is 405 g/mol. The first-order valence-electron chi connectivity index (χ1n) is 8.29. The Morgan fingerprint density at radius 2 is 1.71 bits per heavy atom. The fourth-order valence-electron chi connectivity index (χ4n) is 2.46. The molecule has 0 N–H and O–H groups in total. The van der Waals surface area contributed by atoms with Gasteiger partial charge in [-0.15, -0.1) is 0 Å². The minimum Gasteiger partial charge on any atom is -0.456 e. The Hall–Kier alpha value is -3.07. The Morgan fingerprint density at radius 1 is 1.11 bits per heavy atom. The Labute approximate surface area is 162 Å². The number of ketones is 1. The molecule has 0 amide bonds. The van der Waals surface area contributed by atoms with Gasteiger partial charge >= 0.3 is 5.97 Å². The van der Waals surface area contributed by atoms with Crippen LogP contribution < -0.4 is 0 Å². The fraction of sp³-hybridized carbons (Fsp3) is 0.263. The molecule has 0 heterocycles. The highest BCUT2D eigenvalue weighted by Gasteiger charge is 2.32. The molecular weight excluding hydrogens is 386 g/mol. The summed E-state index contributed by atoms with van der Waals surface area (Å²) in [7, 11) is -4.12. The summed E-state index contributed by atoms with van der Waals surface area (Å²) in [6.07, 6.45) is 0. The van der Waals surface area contributed by atoms with Gasteiger partial charge in [-0.25, -0.2) is 8.42 Å². The van der Waals surface area contributed by atoms with Crippen molar-refractivity contribution in [1.29, 1.82) is 0 Å². The lowest BCUT2D eigenvalue weighted by Crippen LogP contribution is -2.30. The summed E-state index contributed by atoms with van der Waals surface area (Å²) in [6.45, 7) is 4.13. The van der Waals surface area contributed by atoms with Crippen LogP contribution in [0.2, 0.25) is 0 Å². The summed E-state index contributed by atoms with van der Waals surface area (Å²) in [4.78, 5) is 34.2. The lowest BCUT2D eigenvalue weighted by atomic mass is 10.0. The molecule has 28 heavy (non-hydrogen) atoms. The largest absolute Gasteiger partial charge is 0.456 e. The average molecular weight is 405 g/mol. The van der Waals surface area contributed by atoms with Crippen LogP contribution in [0, 0.1) is 24.0 Å². The van der Waals surface area contributed by atoms with E-state index in [1.54, 1.807) is 19.1 Å². The van der Waals surface area contributed by atoms with Crippen molar-refractivity contribution in [2.45, 2.75) is 30.9 Å². The van der Waals surface area contributed by atoms with E-state index in [1.165, 1.54) is 0 Å². The molecule has 2 aromatic carbocycles. The minimum absolute atomic E-state index is 0.247. The number of ether oxygens (including phenoxy) is 1. The molecule has 0 aromatic heterocycles. The van der Waals surface area contributed by atoms with Crippen LogP contribution in [0.25, 0.3) is 0 Å². The number of benzene rings is 2. The molecule has 0 fully saturated rings. The number of carbonyl (C=O) groups excluding carboxylic acids is 2. The van der Waals surface area contributed by atoms with Crippen LogP contribution in [0.15, 0.2) is 47.4 Å². The Morgan fingerprint density at radius 3 is 2.29 bits per heavy atom. The number of hydrogen-bond acceptors (Lipinski definition) is 7. The second kappa shape index (κ2) is 8.30. The zero-order chi connectivity index (χ0) is 21.1. The van der Waals surface area contributed by atoms with Crippen molar-refractivity contribution in [3.63, 3.8) is 0 Å². The maximum absolute atomic E-state index is 12.5. The van der Waals surface area contributed by atoms with Crippen molar-refractivity contribution in [2.75, 3.05) is 6.61 Å². The van der Waals surface area contributed by atoms with Crippen LogP contribution in [-0.2, 0) is 19.4 Å². The average Bonchev–Trinajstić information content (AvgIpc) is 2.67. The van der Waals surface area contributed by atoms with E-state index in [1.807, 2.05) is 13.0 Å². The van der Waals surface area contributed by atoms with Crippen LogP contribution in [-0.4, -0.2) is 37.0 Å². The molecule has 0 aliphatic heterocycles. The van der Waals surface area contributed by atoms with Crippen LogP contribution in [0.5, 0.6) is 0 Å². The van der Waals surface area contributed by atoms with Crippen molar-refractivity contribution in [2.24, 2.45) is 0 Å². The highest BCUT2D eigenvalue weighted by atomic mass is 32.2. The normalized spacial score (nSPS) is 12.2. The lowest BCUT2D eigenvalue weighted by Gasteiger charge is -2.13. The number of nitrogens with zero attached hydrogens (tertiary/aromatic N) is 1. The molecule has 9 heteroatoms. The third-order valence-corrected chi connectivity index (χ3v) is 6.27. The van der Waals surface area contributed by atoms with Crippen molar-refractivity contribution < 1.29 is 27.7 Å². The summed E-state index contributed by atoms with van der Waals surface area (Å²) in [5, 5.41) is 9.10. The van der Waals surface area contributed by atoms with E-state index in [-0.39, 0.29) is 10.6 Å². The van der Waals surface area contributed by atoms with Gasteiger partial charge in [-0.2, -0.15) is 0 Å².